The maximum absolute atomic E-state index is 12.2. The van der Waals surface area contributed by atoms with Crippen LogP contribution >= 0.6 is 0 Å². The number of urea groups is 1. The molecule has 27 heavy (non-hydrogen) atoms. The first-order valence-corrected chi connectivity index (χ1v) is 9.51. The number of nitrogens with one attached hydrogen (secondary N) is 3. The van der Waals surface area contributed by atoms with Crippen LogP contribution in [-0.2, 0) is 6.42 Å². The Bertz CT molecular complexity index is 940. The van der Waals surface area contributed by atoms with E-state index >= 15 is 0 Å². The van der Waals surface area contributed by atoms with Crippen LogP contribution in [0.1, 0.15) is 30.0 Å². The van der Waals surface area contributed by atoms with Crippen LogP contribution in [0.5, 0.6) is 0 Å². The van der Waals surface area contributed by atoms with Gasteiger partial charge in [-0.05, 0) is 48.6 Å². The molecule has 1 unspecified atom stereocenters. The van der Waals surface area contributed by atoms with Gasteiger partial charge in [0.1, 0.15) is 5.82 Å². The van der Waals surface area contributed by atoms with Crippen molar-refractivity contribution >= 4 is 22.8 Å². The zero-order chi connectivity index (χ0) is 18.5. The standard InChI is InChI=1S/C22H24N4O/c27-22(26-20-11-5-8-16-6-1-3-9-18(16)20)24-15-14-23-21-13-12-17-7-2-4-10-19(17)25-21/h1-4,6-7,9-10,12-13,20H,5,8,11,14-15H2,(H,23,25)(H2,24,26,27). The second-order valence-electron chi connectivity index (χ2n) is 6.86. The molecule has 1 aliphatic rings. The molecule has 138 valence electrons. The Hall–Kier alpha value is -3.08. The van der Waals surface area contributed by atoms with E-state index in [1.807, 2.05) is 42.5 Å². The summed E-state index contributed by atoms with van der Waals surface area (Å²) >= 11 is 0. The molecule has 0 bridgehead atoms. The van der Waals surface area contributed by atoms with Gasteiger partial charge in [0.05, 0.1) is 11.6 Å². The van der Waals surface area contributed by atoms with Crippen molar-refractivity contribution in [1.82, 2.24) is 15.6 Å². The minimum absolute atomic E-state index is 0.102. The van der Waals surface area contributed by atoms with Gasteiger partial charge in [-0.3, -0.25) is 0 Å². The topological polar surface area (TPSA) is 66.0 Å². The van der Waals surface area contributed by atoms with Gasteiger partial charge in [-0.25, -0.2) is 9.78 Å². The van der Waals surface area contributed by atoms with Gasteiger partial charge in [-0.2, -0.15) is 0 Å². The lowest BCUT2D eigenvalue weighted by Crippen LogP contribution is -2.40. The smallest absolute Gasteiger partial charge is 0.315 e. The summed E-state index contributed by atoms with van der Waals surface area (Å²) in [5.41, 5.74) is 3.56. The Balaban J connectivity index is 1.25. The van der Waals surface area contributed by atoms with E-state index in [0.717, 1.165) is 36.0 Å². The number of hydrogen-bond donors (Lipinski definition) is 3. The van der Waals surface area contributed by atoms with Gasteiger partial charge in [0, 0.05) is 18.5 Å². The molecule has 1 aliphatic carbocycles. The minimum Gasteiger partial charge on any atom is -0.368 e. The highest BCUT2D eigenvalue weighted by molar-refractivity contribution is 5.80. The summed E-state index contributed by atoms with van der Waals surface area (Å²) in [6.45, 7) is 1.16. The molecule has 2 aromatic carbocycles. The van der Waals surface area contributed by atoms with Crippen molar-refractivity contribution < 1.29 is 4.79 Å². The van der Waals surface area contributed by atoms with Crippen molar-refractivity contribution in [1.29, 1.82) is 0 Å². The lowest BCUT2D eigenvalue weighted by Gasteiger charge is -2.26. The van der Waals surface area contributed by atoms with Gasteiger partial charge in [0.25, 0.3) is 0 Å². The molecule has 1 atom stereocenters. The van der Waals surface area contributed by atoms with E-state index in [9.17, 15) is 4.79 Å². The zero-order valence-electron chi connectivity index (χ0n) is 15.2. The number of para-hydroxylation sites is 1. The van der Waals surface area contributed by atoms with Gasteiger partial charge in [0.2, 0.25) is 0 Å². The molecule has 0 spiro atoms. The summed E-state index contributed by atoms with van der Waals surface area (Å²) in [6.07, 6.45) is 3.19. The van der Waals surface area contributed by atoms with Gasteiger partial charge in [-0.1, -0.05) is 42.5 Å². The average Bonchev–Trinajstić information content (AvgIpc) is 2.71. The highest BCUT2D eigenvalue weighted by Crippen LogP contribution is 2.29. The Morgan fingerprint density at radius 2 is 1.85 bits per heavy atom. The van der Waals surface area contributed by atoms with Gasteiger partial charge in [-0.15, -0.1) is 0 Å². The fourth-order valence-electron chi connectivity index (χ4n) is 3.64. The van der Waals surface area contributed by atoms with E-state index in [2.05, 4.69) is 39.1 Å². The fourth-order valence-corrected chi connectivity index (χ4v) is 3.64. The molecule has 1 aromatic heterocycles. The summed E-state index contributed by atoms with van der Waals surface area (Å²) in [6, 6.07) is 20.4. The highest BCUT2D eigenvalue weighted by atomic mass is 16.2. The number of carbonyl (C=O) groups excluding carboxylic acids is 1. The maximum atomic E-state index is 12.2. The summed E-state index contributed by atoms with van der Waals surface area (Å²) < 4.78 is 0. The number of fused-ring (bicyclic) bond motifs is 2. The van der Waals surface area contributed by atoms with E-state index in [4.69, 9.17) is 0 Å². The summed E-state index contributed by atoms with van der Waals surface area (Å²) in [5.74, 6) is 0.817. The number of anilines is 1. The molecule has 1 heterocycles. The number of amides is 2. The van der Waals surface area contributed by atoms with E-state index < -0.39 is 0 Å². The Morgan fingerprint density at radius 3 is 2.81 bits per heavy atom. The predicted molar refractivity (Wildman–Crippen MR) is 109 cm³/mol. The van der Waals surface area contributed by atoms with Crippen LogP contribution in [0.2, 0.25) is 0 Å². The number of pyridine rings is 1. The fraction of sp³-hybridized carbons (Fsp3) is 0.273. The molecule has 5 heteroatoms. The number of rotatable bonds is 5. The van der Waals surface area contributed by atoms with Crippen LogP contribution in [0.15, 0.2) is 60.7 Å². The first-order valence-electron chi connectivity index (χ1n) is 9.51. The molecule has 2 amide bonds. The number of benzene rings is 2. The Labute approximate surface area is 159 Å². The van der Waals surface area contributed by atoms with E-state index in [0.29, 0.717) is 13.1 Å². The van der Waals surface area contributed by atoms with Crippen LogP contribution in [0.4, 0.5) is 10.6 Å². The Kier molecular flexibility index (Phi) is 5.19. The Morgan fingerprint density at radius 1 is 1.00 bits per heavy atom. The maximum Gasteiger partial charge on any atom is 0.315 e. The van der Waals surface area contributed by atoms with Crippen molar-refractivity contribution in [3.05, 3.63) is 71.8 Å². The third-order valence-corrected chi connectivity index (χ3v) is 4.99. The van der Waals surface area contributed by atoms with Crippen LogP contribution < -0.4 is 16.0 Å². The van der Waals surface area contributed by atoms with Crippen molar-refractivity contribution in [3.8, 4) is 0 Å². The van der Waals surface area contributed by atoms with Crippen LogP contribution in [-0.4, -0.2) is 24.1 Å². The molecule has 4 rings (SSSR count). The van der Waals surface area contributed by atoms with E-state index in [1.54, 1.807) is 0 Å². The van der Waals surface area contributed by atoms with Crippen LogP contribution in [0, 0.1) is 0 Å². The first kappa shape index (κ1) is 17.3. The molecule has 0 fully saturated rings. The lowest BCUT2D eigenvalue weighted by atomic mass is 9.88. The van der Waals surface area contributed by atoms with Crippen molar-refractivity contribution in [3.63, 3.8) is 0 Å². The van der Waals surface area contributed by atoms with E-state index in [1.165, 1.54) is 11.1 Å². The third-order valence-electron chi connectivity index (χ3n) is 4.99. The molecule has 0 saturated heterocycles. The highest BCUT2D eigenvalue weighted by Gasteiger charge is 2.20. The largest absolute Gasteiger partial charge is 0.368 e. The quantitative estimate of drug-likeness (QED) is 0.602. The van der Waals surface area contributed by atoms with E-state index in [-0.39, 0.29) is 12.1 Å². The molecule has 3 aromatic rings. The number of hydrogen-bond acceptors (Lipinski definition) is 3. The molecule has 0 aliphatic heterocycles. The third kappa shape index (κ3) is 4.19. The normalized spacial score (nSPS) is 15.8. The number of aromatic nitrogens is 1. The van der Waals surface area contributed by atoms with Crippen LogP contribution in [0.25, 0.3) is 10.9 Å². The number of nitrogens with zero attached hydrogens (tertiary/aromatic N) is 1. The summed E-state index contributed by atoms with van der Waals surface area (Å²) in [4.78, 5) is 16.8. The van der Waals surface area contributed by atoms with Crippen LogP contribution in [0.3, 0.4) is 0 Å². The lowest BCUT2D eigenvalue weighted by molar-refractivity contribution is 0.236. The van der Waals surface area contributed by atoms with Gasteiger partial charge in [0.15, 0.2) is 0 Å². The van der Waals surface area contributed by atoms with Crippen molar-refractivity contribution in [2.45, 2.75) is 25.3 Å². The minimum atomic E-state index is -0.120. The summed E-state index contributed by atoms with van der Waals surface area (Å²) in [7, 11) is 0. The zero-order valence-corrected chi connectivity index (χ0v) is 15.2. The van der Waals surface area contributed by atoms with Crippen molar-refractivity contribution in [2.24, 2.45) is 0 Å². The second kappa shape index (κ2) is 8.08. The van der Waals surface area contributed by atoms with Crippen molar-refractivity contribution in [2.75, 3.05) is 18.4 Å². The summed E-state index contributed by atoms with van der Waals surface area (Å²) in [5, 5.41) is 10.4. The monoisotopic (exact) mass is 360 g/mol. The molecular formula is C22H24N4O. The van der Waals surface area contributed by atoms with Gasteiger partial charge < -0.3 is 16.0 Å². The molecule has 0 radical (unpaired) electrons. The SMILES string of the molecule is O=C(NCCNc1ccc2ccccc2n1)NC1CCCc2ccccc21. The number of aryl methyl sites for hydroxylation is 1. The number of carbonyl (C=O) groups is 1. The average molecular weight is 360 g/mol. The molecular weight excluding hydrogens is 336 g/mol. The second-order valence-corrected chi connectivity index (χ2v) is 6.86. The first-order chi connectivity index (χ1) is 13.3. The molecule has 5 nitrogen and oxygen atoms in total. The molecule has 3 N–H and O–H groups in total. The molecule has 0 saturated carbocycles. The van der Waals surface area contributed by atoms with Gasteiger partial charge >= 0.3 is 6.03 Å². The predicted octanol–water partition coefficient (Wildman–Crippen LogP) is 4.02.